The maximum atomic E-state index is 12.6. The number of aromatic nitrogens is 2. The van der Waals surface area contributed by atoms with Gasteiger partial charge >= 0.3 is 0 Å². The maximum Gasteiger partial charge on any atom is 0.274 e. The highest BCUT2D eigenvalue weighted by Gasteiger charge is 2.23. The Bertz CT molecular complexity index is 673. The lowest BCUT2D eigenvalue weighted by Crippen LogP contribution is -2.33. The number of nitrogens with zero attached hydrogens (tertiary/aromatic N) is 4. The van der Waals surface area contributed by atoms with Crippen molar-refractivity contribution in [3.8, 4) is 0 Å². The predicted octanol–water partition coefficient (Wildman–Crippen LogP) is 2.15. The second kappa shape index (κ2) is 7.40. The van der Waals surface area contributed by atoms with Crippen LogP contribution in [0.3, 0.4) is 0 Å². The van der Waals surface area contributed by atoms with Gasteiger partial charge in [0.15, 0.2) is 0 Å². The molecule has 0 saturated carbocycles. The molecule has 1 aromatic carbocycles. The van der Waals surface area contributed by atoms with Gasteiger partial charge in [0, 0.05) is 27.2 Å². The van der Waals surface area contributed by atoms with Gasteiger partial charge in [-0.2, -0.15) is 0 Å². The Labute approximate surface area is 142 Å². The lowest BCUT2D eigenvalue weighted by Gasteiger charge is -2.19. The van der Waals surface area contributed by atoms with Crippen LogP contribution in [0.15, 0.2) is 42.7 Å². The van der Waals surface area contributed by atoms with Crippen molar-refractivity contribution in [2.45, 2.75) is 12.5 Å². The van der Waals surface area contributed by atoms with Crippen LogP contribution < -0.4 is 4.90 Å². The van der Waals surface area contributed by atoms with Gasteiger partial charge in [-0.25, -0.2) is 9.97 Å². The molecule has 24 heavy (non-hydrogen) atoms. The van der Waals surface area contributed by atoms with Crippen molar-refractivity contribution in [3.05, 3.63) is 54.0 Å². The van der Waals surface area contributed by atoms with Crippen LogP contribution >= 0.6 is 0 Å². The molecule has 1 aromatic heterocycles. The van der Waals surface area contributed by atoms with E-state index in [2.05, 4.69) is 22.1 Å². The first-order valence-electron chi connectivity index (χ1n) is 8.10. The van der Waals surface area contributed by atoms with Gasteiger partial charge in [-0.3, -0.25) is 4.79 Å². The molecule has 0 N–H and O–H groups in total. The molecule has 1 unspecified atom stereocenters. The fourth-order valence-corrected chi connectivity index (χ4v) is 2.73. The van der Waals surface area contributed by atoms with Crippen molar-refractivity contribution in [1.82, 2.24) is 14.9 Å². The van der Waals surface area contributed by atoms with Gasteiger partial charge in [-0.1, -0.05) is 30.3 Å². The molecule has 1 saturated heterocycles. The summed E-state index contributed by atoms with van der Waals surface area (Å²) in [5, 5.41) is 0. The van der Waals surface area contributed by atoms with Gasteiger partial charge in [0.1, 0.15) is 11.5 Å². The minimum absolute atomic E-state index is 0.0335. The van der Waals surface area contributed by atoms with Gasteiger partial charge in [0.05, 0.1) is 25.1 Å². The Morgan fingerprint density at radius 1 is 1.17 bits per heavy atom. The minimum Gasteiger partial charge on any atom is -0.372 e. The Balaban J connectivity index is 1.66. The highest BCUT2D eigenvalue weighted by molar-refractivity contribution is 5.92. The first kappa shape index (κ1) is 16.4. The van der Waals surface area contributed by atoms with Crippen LogP contribution in [0, 0.1) is 0 Å². The average molecular weight is 326 g/mol. The molecule has 6 heteroatoms. The summed E-state index contributed by atoms with van der Waals surface area (Å²) in [6.07, 6.45) is 3.97. The van der Waals surface area contributed by atoms with E-state index in [1.165, 1.54) is 6.20 Å². The van der Waals surface area contributed by atoms with Crippen molar-refractivity contribution in [1.29, 1.82) is 0 Å². The molecule has 1 fully saturated rings. The molecule has 3 rings (SSSR count). The highest BCUT2D eigenvalue weighted by atomic mass is 16.5. The lowest BCUT2D eigenvalue weighted by molar-refractivity contribution is 0.0583. The number of benzene rings is 1. The van der Waals surface area contributed by atoms with E-state index in [4.69, 9.17) is 4.74 Å². The van der Waals surface area contributed by atoms with Gasteiger partial charge in [0.25, 0.3) is 5.91 Å². The Morgan fingerprint density at radius 3 is 2.62 bits per heavy atom. The SMILES string of the molecule is CN(C)c1cnc(C(=O)N2CCOC(c3ccccc3)CC2)cn1. The zero-order valence-corrected chi connectivity index (χ0v) is 14.1. The Hall–Kier alpha value is -2.47. The minimum atomic E-state index is -0.0925. The van der Waals surface area contributed by atoms with E-state index in [0.717, 1.165) is 17.8 Å². The molecule has 0 aliphatic carbocycles. The number of anilines is 1. The average Bonchev–Trinajstić information content (AvgIpc) is 2.88. The molecule has 2 aromatic rings. The Kier molecular flexibility index (Phi) is 5.05. The smallest absolute Gasteiger partial charge is 0.274 e. The third-order valence-corrected chi connectivity index (χ3v) is 4.12. The van der Waals surface area contributed by atoms with Crippen LogP contribution in [0.2, 0.25) is 0 Å². The molecule has 1 atom stereocenters. The molecule has 0 spiro atoms. The summed E-state index contributed by atoms with van der Waals surface area (Å²) in [4.78, 5) is 24.8. The van der Waals surface area contributed by atoms with Crippen molar-refractivity contribution in [2.75, 3.05) is 38.7 Å². The first-order valence-corrected chi connectivity index (χ1v) is 8.10. The normalized spacial score (nSPS) is 18.1. The number of carbonyl (C=O) groups is 1. The summed E-state index contributed by atoms with van der Waals surface area (Å²) in [5.41, 5.74) is 1.53. The molecule has 6 nitrogen and oxygen atoms in total. The van der Waals surface area contributed by atoms with Crippen molar-refractivity contribution in [2.24, 2.45) is 0 Å². The third kappa shape index (κ3) is 3.71. The van der Waals surface area contributed by atoms with E-state index < -0.39 is 0 Å². The van der Waals surface area contributed by atoms with Crippen molar-refractivity contribution < 1.29 is 9.53 Å². The molecular formula is C18H22N4O2. The summed E-state index contributed by atoms with van der Waals surface area (Å²) in [6, 6.07) is 10.1. The fourth-order valence-electron chi connectivity index (χ4n) is 2.73. The van der Waals surface area contributed by atoms with Crippen molar-refractivity contribution in [3.63, 3.8) is 0 Å². The number of hydrogen-bond donors (Lipinski definition) is 0. The Morgan fingerprint density at radius 2 is 1.96 bits per heavy atom. The second-order valence-corrected chi connectivity index (χ2v) is 6.01. The summed E-state index contributed by atoms with van der Waals surface area (Å²) in [7, 11) is 3.78. The van der Waals surface area contributed by atoms with Gasteiger partial charge in [-0.15, -0.1) is 0 Å². The van der Waals surface area contributed by atoms with Crippen LogP contribution in [0.4, 0.5) is 5.82 Å². The fraction of sp³-hybridized carbons (Fsp3) is 0.389. The van der Waals surface area contributed by atoms with Crippen LogP contribution in [0.5, 0.6) is 0 Å². The number of carbonyl (C=O) groups excluding carboxylic acids is 1. The summed E-state index contributed by atoms with van der Waals surface area (Å²) >= 11 is 0. The van der Waals surface area contributed by atoms with E-state index in [1.54, 1.807) is 11.1 Å². The summed E-state index contributed by atoms with van der Waals surface area (Å²) in [5.74, 6) is 0.639. The molecule has 1 aliphatic heterocycles. The monoisotopic (exact) mass is 326 g/mol. The standard InChI is InChI=1S/C18H22N4O2/c1-21(2)17-13-19-15(12-20-17)18(23)22-9-8-16(24-11-10-22)14-6-4-3-5-7-14/h3-7,12-13,16H,8-11H2,1-2H3. The van der Waals surface area contributed by atoms with E-state index in [9.17, 15) is 4.79 Å². The third-order valence-electron chi connectivity index (χ3n) is 4.12. The predicted molar refractivity (Wildman–Crippen MR) is 92.0 cm³/mol. The van der Waals surface area contributed by atoms with Crippen LogP contribution in [0.1, 0.15) is 28.6 Å². The molecule has 126 valence electrons. The van der Waals surface area contributed by atoms with Gasteiger partial charge in [0.2, 0.25) is 0 Å². The molecule has 0 bridgehead atoms. The van der Waals surface area contributed by atoms with Crippen LogP contribution in [-0.4, -0.2) is 54.6 Å². The van der Waals surface area contributed by atoms with Gasteiger partial charge < -0.3 is 14.5 Å². The molecular weight excluding hydrogens is 304 g/mol. The van der Waals surface area contributed by atoms with E-state index in [1.807, 2.05) is 37.2 Å². The summed E-state index contributed by atoms with van der Waals surface area (Å²) < 4.78 is 5.92. The van der Waals surface area contributed by atoms with E-state index in [0.29, 0.717) is 25.4 Å². The quantitative estimate of drug-likeness (QED) is 0.865. The number of amides is 1. The summed E-state index contributed by atoms with van der Waals surface area (Å²) in [6.45, 7) is 1.74. The lowest BCUT2D eigenvalue weighted by atomic mass is 10.1. The largest absolute Gasteiger partial charge is 0.372 e. The molecule has 1 aliphatic rings. The van der Waals surface area contributed by atoms with E-state index in [-0.39, 0.29) is 12.0 Å². The number of ether oxygens (including phenoxy) is 1. The highest BCUT2D eigenvalue weighted by Crippen LogP contribution is 2.24. The maximum absolute atomic E-state index is 12.6. The molecule has 0 radical (unpaired) electrons. The molecule has 2 heterocycles. The number of hydrogen-bond acceptors (Lipinski definition) is 5. The van der Waals surface area contributed by atoms with Gasteiger partial charge in [-0.05, 0) is 12.0 Å². The van der Waals surface area contributed by atoms with Crippen LogP contribution in [0.25, 0.3) is 0 Å². The first-order chi connectivity index (χ1) is 11.6. The van der Waals surface area contributed by atoms with E-state index >= 15 is 0 Å². The topological polar surface area (TPSA) is 58.6 Å². The zero-order chi connectivity index (χ0) is 16.9. The molecule has 1 amide bonds. The van der Waals surface area contributed by atoms with Crippen LogP contribution in [-0.2, 0) is 4.74 Å². The number of rotatable bonds is 3. The second-order valence-electron chi connectivity index (χ2n) is 6.01. The van der Waals surface area contributed by atoms with Crippen molar-refractivity contribution >= 4 is 11.7 Å². The zero-order valence-electron chi connectivity index (χ0n) is 14.1.